The fourth-order valence-electron chi connectivity index (χ4n) is 1.84. The lowest BCUT2D eigenvalue weighted by atomic mass is 9.80. The van der Waals surface area contributed by atoms with E-state index >= 15 is 0 Å². The highest BCUT2D eigenvalue weighted by molar-refractivity contribution is 5.92. The van der Waals surface area contributed by atoms with Crippen molar-refractivity contribution in [1.29, 1.82) is 0 Å². The molecule has 0 spiro atoms. The summed E-state index contributed by atoms with van der Waals surface area (Å²) in [4.78, 5) is 4.16. The summed E-state index contributed by atoms with van der Waals surface area (Å²) in [6, 6.07) is 7.41. The SMILES string of the molecule is COc1ccc(NC(N)=NCC2(O)CCC2)cc1. The molecule has 0 aromatic heterocycles. The molecule has 4 N–H and O–H groups in total. The first-order valence-corrected chi connectivity index (χ1v) is 6.05. The molecule has 1 fully saturated rings. The molecule has 0 aliphatic heterocycles. The highest BCUT2D eigenvalue weighted by atomic mass is 16.5. The molecule has 1 aromatic rings. The van der Waals surface area contributed by atoms with Crippen LogP contribution < -0.4 is 15.8 Å². The third-order valence-electron chi connectivity index (χ3n) is 3.19. The second kappa shape index (κ2) is 5.27. The minimum absolute atomic E-state index is 0.320. The van der Waals surface area contributed by atoms with Crippen LogP contribution in [0.25, 0.3) is 0 Å². The average Bonchev–Trinajstić information content (AvgIpc) is 2.35. The molecule has 0 radical (unpaired) electrons. The number of nitrogens with one attached hydrogen (secondary N) is 1. The van der Waals surface area contributed by atoms with E-state index in [0.29, 0.717) is 12.5 Å². The van der Waals surface area contributed by atoms with Gasteiger partial charge in [0.1, 0.15) is 5.75 Å². The number of hydrogen-bond acceptors (Lipinski definition) is 3. The Morgan fingerprint density at radius 2 is 2.11 bits per heavy atom. The third-order valence-corrected chi connectivity index (χ3v) is 3.19. The summed E-state index contributed by atoms with van der Waals surface area (Å²) in [5.41, 5.74) is 5.97. The summed E-state index contributed by atoms with van der Waals surface area (Å²) in [7, 11) is 1.62. The maximum absolute atomic E-state index is 9.89. The van der Waals surface area contributed by atoms with Crippen LogP contribution in [0, 0.1) is 0 Å². The first kappa shape index (κ1) is 12.7. The van der Waals surface area contributed by atoms with Crippen LogP contribution >= 0.6 is 0 Å². The van der Waals surface area contributed by atoms with Crippen molar-refractivity contribution in [2.24, 2.45) is 10.7 Å². The van der Waals surface area contributed by atoms with Crippen molar-refractivity contribution < 1.29 is 9.84 Å². The van der Waals surface area contributed by atoms with E-state index in [1.165, 1.54) is 0 Å². The molecule has 18 heavy (non-hydrogen) atoms. The van der Waals surface area contributed by atoms with Gasteiger partial charge in [0.25, 0.3) is 0 Å². The quantitative estimate of drug-likeness (QED) is 0.555. The first-order valence-electron chi connectivity index (χ1n) is 6.05. The van der Waals surface area contributed by atoms with E-state index in [9.17, 15) is 5.11 Å². The lowest BCUT2D eigenvalue weighted by Gasteiger charge is -2.34. The molecule has 0 atom stereocenters. The van der Waals surface area contributed by atoms with E-state index in [1.54, 1.807) is 7.11 Å². The van der Waals surface area contributed by atoms with Gasteiger partial charge in [-0.25, -0.2) is 0 Å². The number of aliphatic hydroxyl groups is 1. The van der Waals surface area contributed by atoms with E-state index in [0.717, 1.165) is 30.7 Å². The zero-order valence-electron chi connectivity index (χ0n) is 10.5. The number of nitrogens with zero attached hydrogens (tertiary/aromatic N) is 1. The molecule has 0 unspecified atom stereocenters. The van der Waals surface area contributed by atoms with Crippen LogP contribution in [-0.2, 0) is 0 Å². The number of benzene rings is 1. The lowest BCUT2D eigenvalue weighted by Crippen LogP contribution is -2.41. The van der Waals surface area contributed by atoms with Crippen LogP contribution in [0.4, 0.5) is 5.69 Å². The zero-order valence-corrected chi connectivity index (χ0v) is 10.5. The minimum Gasteiger partial charge on any atom is -0.497 e. The van der Waals surface area contributed by atoms with Gasteiger partial charge in [-0.1, -0.05) is 0 Å². The van der Waals surface area contributed by atoms with E-state index in [4.69, 9.17) is 10.5 Å². The zero-order chi connectivity index (χ0) is 13.0. The van der Waals surface area contributed by atoms with Crippen LogP contribution in [0.2, 0.25) is 0 Å². The van der Waals surface area contributed by atoms with Gasteiger partial charge in [0.05, 0.1) is 19.3 Å². The van der Waals surface area contributed by atoms with Crippen molar-refractivity contribution in [1.82, 2.24) is 0 Å². The van der Waals surface area contributed by atoms with Gasteiger partial charge < -0.3 is 20.9 Å². The van der Waals surface area contributed by atoms with E-state index in [1.807, 2.05) is 24.3 Å². The average molecular weight is 249 g/mol. The molecule has 0 heterocycles. The summed E-state index contributed by atoms with van der Waals surface area (Å²) >= 11 is 0. The molecule has 1 saturated carbocycles. The number of ether oxygens (including phenoxy) is 1. The van der Waals surface area contributed by atoms with Gasteiger partial charge in [0, 0.05) is 5.69 Å². The van der Waals surface area contributed by atoms with Crippen molar-refractivity contribution in [3.63, 3.8) is 0 Å². The van der Waals surface area contributed by atoms with Gasteiger partial charge in [0.2, 0.25) is 0 Å². The molecule has 5 nitrogen and oxygen atoms in total. The Morgan fingerprint density at radius 1 is 1.44 bits per heavy atom. The number of guanidine groups is 1. The number of methoxy groups -OCH3 is 1. The van der Waals surface area contributed by atoms with Crippen LogP contribution in [0.5, 0.6) is 5.75 Å². The molecule has 5 heteroatoms. The van der Waals surface area contributed by atoms with Crippen molar-refractivity contribution in [3.8, 4) is 5.75 Å². The van der Waals surface area contributed by atoms with Crippen molar-refractivity contribution in [2.45, 2.75) is 24.9 Å². The van der Waals surface area contributed by atoms with Gasteiger partial charge in [-0.3, -0.25) is 4.99 Å². The Balaban J connectivity index is 1.89. The fourth-order valence-corrected chi connectivity index (χ4v) is 1.84. The van der Waals surface area contributed by atoms with E-state index in [2.05, 4.69) is 10.3 Å². The number of nitrogens with two attached hydrogens (primary N) is 1. The standard InChI is InChI=1S/C13H19N3O2/c1-18-11-5-3-10(4-6-11)16-12(14)15-9-13(17)7-2-8-13/h3-6,17H,2,7-9H2,1H3,(H3,14,15,16). The molecule has 1 aliphatic carbocycles. The maximum atomic E-state index is 9.89. The summed E-state index contributed by atoms with van der Waals surface area (Å²) in [6.45, 7) is 0.363. The van der Waals surface area contributed by atoms with Crippen molar-refractivity contribution in [2.75, 3.05) is 19.0 Å². The van der Waals surface area contributed by atoms with Crippen molar-refractivity contribution in [3.05, 3.63) is 24.3 Å². The number of aliphatic imine (C=N–C) groups is 1. The summed E-state index contributed by atoms with van der Waals surface area (Å²) < 4.78 is 5.07. The summed E-state index contributed by atoms with van der Waals surface area (Å²) in [6.07, 6.45) is 2.69. The summed E-state index contributed by atoms with van der Waals surface area (Å²) in [5, 5.41) is 12.9. The third kappa shape index (κ3) is 3.13. The fraction of sp³-hybridized carbons (Fsp3) is 0.462. The number of hydrogen-bond donors (Lipinski definition) is 3. The van der Waals surface area contributed by atoms with Gasteiger partial charge in [0.15, 0.2) is 5.96 Å². The van der Waals surface area contributed by atoms with Gasteiger partial charge >= 0.3 is 0 Å². The van der Waals surface area contributed by atoms with Gasteiger partial charge in [-0.2, -0.15) is 0 Å². The monoisotopic (exact) mass is 249 g/mol. The normalized spacial score (nSPS) is 18.0. The molecular formula is C13H19N3O2. The topological polar surface area (TPSA) is 79.9 Å². The van der Waals surface area contributed by atoms with Crippen LogP contribution in [0.15, 0.2) is 29.3 Å². The Kier molecular flexibility index (Phi) is 3.72. The second-order valence-electron chi connectivity index (χ2n) is 4.63. The molecule has 0 saturated heterocycles. The predicted octanol–water partition coefficient (Wildman–Crippen LogP) is 1.34. The smallest absolute Gasteiger partial charge is 0.193 e. The first-order chi connectivity index (χ1) is 8.61. The predicted molar refractivity (Wildman–Crippen MR) is 71.9 cm³/mol. The largest absolute Gasteiger partial charge is 0.497 e. The molecule has 0 amide bonds. The molecule has 98 valence electrons. The highest BCUT2D eigenvalue weighted by Gasteiger charge is 2.33. The highest BCUT2D eigenvalue weighted by Crippen LogP contribution is 2.31. The Hall–Kier alpha value is -1.75. The maximum Gasteiger partial charge on any atom is 0.193 e. The van der Waals surface area contributed by atoms with E-state index in [-0.39, 0.29) is 0 Å². The molecule has 2 rings (SSSR count). The molecule has 1 aromatic carbocycles. The van der Waals surface area contributed by atoms with Crippen LogP contribution in [0.1, 0.15) is 19.3 Å². The minimum atomic E-state index is -0.633. The van der Waals surface area contributed by atoms with Gasteiger partial charge in [-0.05, 0) is 43.5 Å². The van der Waals surface area contributed by atoms with Crippen molar-refractivity contribution >= 4 is 11.6 Å². The Morgan fingerprint density at radius 3 is 2.61 bits per heavy atom. The van der Waals surface area contributed by atoms with Crippen LogP contribution in [-0.4, -0.2) is 30.3 Å². The summed E-state index contributed by atoms with van der Waals surface area (Å²) in [5.74, 6) is 1.11. The molecule has 1 aliphatic rings. The van der Waals surface area contributed by atoms with Crippen LogP contribution in [0.3, 0.4) is 0 Å². The van der Waals surface area contributed by atoms with E-state index < -0.39 is 5.60 Å². The Labute approximate surface area is 107 Å². The molecular weight excluding hydrogens is 230 g/mol. The van der Waals surface area contributed by atoms with Gasteiger partial charge in [-0.15, -0.1) is 0 Å². The Bertz CT molecular complexity index is 424. The number of rotatable bonds is 4. The number of anilines is 1. The molecule has 0 bridgehead atoms. The second-order valence-corrected chi connectivity index (χ2v) is 4.63. The lowest BCUT2D eigenvalue weighted by molar-refractivity contribution is -0.0235.